The summed E-state index contributed by atoms with van der Waals surface area (Å²) in [6.45, 7) is 0. The van der Waals surface area contributed by atoms with E-state index in [4.69, 9.17) is 17.4 Å². The Balaban J connectivity index is 2.45. The van der Waals surface area contributed by atoms with Crippen LogP contribution in [0.2, 0.25) is 5.02 Å². The molecular weight excluding hydrogens is 300 g/mol. The Morgan fingerprint density at radius 1 is 0.950 bits per heavy atom. The molecule has 20 heavy (non-hydrogen) atoms. The van der Waals surface area contributed by atoms with Gasteiger partial charge < -0.3 is 10.7 Å². The molecule has 0 aliphatic heterocycles. The molecule has 0 spiro atoms. The number of hydrazine groups is 1. The molecular formula is C11H7ClF4N4. The van der Waals surface area contributed by atoms with Crippen molar-refractivity contribution in [3.05, 3.63) is 46.5 Å². The maximum atomic E-state index is 13.5. The molecule has 1 aromatic heterocycles. The third-order valence-corrected chi connectivity index (χ3v) is 2.61. The number of pyridine rings is 1. The van der Waals surface area contributed by atoms with Crippen molar-refractivity contribution < 1.29 is 17.6 Å². The number of aromatic nitrogens is 1. The Kier molecular flexibility index (Phi) is 3.96. The Hall–Kier alpha value is -2.06. The van der Waals surface area contributed by atoms with Gasteiger partial charge in [0.1, 0.15) is 5.82 Å². The molecule has 0 radical (unpaired) electrons. The van der Waals surface area contributed by atoms with E-state index in [9.17, 15) is 17.6 Å². The summed E-state index contributed by atoms with van der Waals surface area (Å²) in [5, 5.41) is 1.89. The van der Waals surface area contributed by atoms with Crippen molar-refractivity contribution in [1.82, 2.24) is 4.98 Å². The molecule has 2 aromatic rings. The highest BCUT2D eigenvalue weighted by molar-refractivity contribution is 6.33. The first kappa shape index (κ1) is 14.4. The second-order valence-electron chi connectivity index (χ2n) is 3.66. The van der Waals surface area contributed by atoms with Gasteiger partial charge in [0.25, 0.3) is 0 Å². The van der Waals surface area contributed by atoms with Crippen molar-refractivity contribution >= 4 is 28.9 Å². The Bertz CT molecular complexity index is 642. The molecule has 4 N–H and O–H groups in total. The standard InChI is InChI=1S/C11H7ClF4N4/c12-5-1-4(13)2-6(14)9(5)18-10-7(15)3-8(16)11(19-10)20-17/h1-3H,17H2,(H2,18,19,20). The van der Waals surface area contributed by atoms with E-state index < -0.39 is 40.6 Å². The summed E-state index contributed by atoms with van der Waals surface area (Å²) < 4.78 is 53.1. The first-order chi connectivity index (χ1) is 9.42. The fourth-order valence-electron chi connectivity index (χ4n) is 1.44. The van der Waals surface area contributed by atoms with Crippen molar-refractivity contribution in [3.63, 3.8) is 0 Å². The highest BCUT2D eigenvalue weighted by Gasteiger charge is 2.15. The van der Waals surface area contributed by atoms with Gasteiger partial charge in [0.15, 0.2) is 29.1 Å². The van der Waals surface area contributed by atoms with Gasteiger partial charge in [-0.3, -0.25) is 0 Å². The quantitative estimate of drug-likeness (QED) is 0.462. The van der Waals surface area contributed by atoms with Crippen LogP contribution in [0.5, 0.6) is 0 Å². The molecule has 4 nitrogen and oxygen atoms in total. The summed E-state index contributed by atoms with van der Waals surface area (Å²) in [4.78, 5) is 3.47. The second-order valence-corrected chi connectivity index (χ2v) is 4.07. The average Bonchev–Trinajstić information content (AvgIpc) is 2.35. The van der Waals surface area contributed by atoms with Crippen LogP contribution in [0.4, 0.5) is 34.9 Å². The van der Waals surface area contributed by atoms with Gasteiger partial charge in [0.2, 0.25) is 0 Å². The number of hydrogen-bond donors (Lipinski definition) is 3. The lowest BCUT2D eigenvalue weighted by Gasteiger charge is -2.11. The van der Waals surface area contributed by atoms with Crippen molar-refractivity contribution in [1.29, 1.82) is 0 Å². The molecule has 1 aromatic carbocycles. The average molecular weight is 307 g/mol. The predicted octanol–water partition coefficient (Wildman–Crippen LogP) is 3.32. The molecule has 0 aliphatic carbocycles. The van der Waals surface area contributed by atoms with E-state index in [-0.39, 0.29) is 5.02 Å². The van der Waals surface area contributed by atoms with Gasteiger partial charge in [0.05, 0.1) is 10.7 Å². The molecule has 106 valence electrons. The van der Waals surface area contributed by atoms with Gasteiger partial charge in [-0.1, -0.05) is 11.6 Å². The third kappa shape index (κ3) is 2.75. The van der Waals surface area contributed by atoms with Gasteiger partial charge >= 0.3 is 0 Å². The third-order valence-electron chi connectivity index (χ3n) is 2.32. The molecule has 0 saturated carbocycles. The fraction of sp³-hybridized carbons (Fsp3) is 0. The van der Waals surface area contributed by atoms with Gasteiger partial charge in [-0.2, -0.15) is 0 Å². The summed E-state index contributed by atoms with van der Waals surface area (Å²) >= 11 is 5.63. The van der Waals surface area contributed by atoms with E-state index in [1.165, 1.54) is 0 Å². The lowest BCUT2D eigenvalue weighted by atomic mass is 10.3. The zero-order valence-corrected chi connectivity index (χ0v) is 10.4. The van der Waals surface area contributed by atoms with E-state index in [1.54, 1.807) is 0 Å². The SMILES string of the molecule is NNc1nc(Nc2c(F)cc(F)cc2Cl)c(F)cc1F. The monoisotopic (exact) mass is 306 g/mol. The highest BCUT2D eigenvalue weighted by atomic mass is 35.5. The molecule has 2 rings (SSSR count). The Morgan fingerprint density at radius 2 is 1.60 bits per heavy atom. The topological polar surface area (TPSA) is 63.0 Å². The zero-order valence-electron chi connectivity index (χ0n) is 9.65. The van der Waals surface area contributed by atoms with Crippen LogP contribution in [-0.4, -0.2) is 4.98 Å². The van der Waals surface area contributed by atoms with Crippen molar-refractivity contribution in [2.75, 3.05) is 10.7 Å². The molecule has 0 bridgehead atoms. The number of nitrogen functional groups attached to an aromatic ring is 1. The summed E-state index contributed by atoms with van der Waals surface area (Å²) in [5.41, 5.74) is 1.51. The van der Waals surface area contributed by atoms with Gasteiger partial charge in [0, 0.05) is 12.1 Å². The van der Waals surface area contributed by atoms with Crippen molar-refractivity contribution in [2.45, 2.75) is 0 Å². The molecule has 0 amide bonds. The van der Waals surface area contributed by atoms with Crippen LogP contribution in [0.1, 0.15) is 0 Å². The van der Waals surface area contributed by atoms with Gasteiger partial charge in [-0.25, -0.2) is 28.4 Å². The summed E-state index contributed by atoms with van der Waals surface area (Å²) in [6.07, 6.45) is 0. The lowest BCUT2D eigenvalue weighted by Crippen LogP contribution is -2.12. The van der Waals surface area contributed by atoms with Crippen LogP contribution in [0.3, 0.4) is 0 Å². The molecule has 0 aliphatic rings. The van der Waals surface area contributed by atoms with E-state index in [1.807, 2.05) is 5.43 Å². The van der Waals surface area contributed by atoms with Gasteiger partial charge in [-0.15, -0.1) is 0 Å². The Morgan fingerprint density at radius 3 is 2.20 bits per heavy atom. The maximum Gasteiger partial charge on any atom is 0.178 e. The van der Waals surface area contributed by atoms with E-state index in [0.29, 0.717) is 12.1 Å². The Labute approximate surface area is 115 Å². The van der Waals surface area contributed by atoms with E-state index in [2.05, 4.69) is 10.3 Å². The smallest absolute Gasteiger partial charge is 0.178 e. The van der Waals surface area contributed by atoms with Crippen LogP contribution in [0, 0.1) is 23.3 Å². The largest absolute Gasteiger partial charge is 0.334 e. The number of nitrogens with zero attached hydrogens (tertiary/aromatic N) is 1. The second kappa shape index (κ2) is 5.51. The molecule has 9 heteroatoms. The van der Waals surface area contributed by atoms with Crippen molar-refractivity contribution in [2.24, 2.45) is 5.84 Å². The lowest BCUT2D eigenvalue weighted by molar-refractivity contribution is 0.577. The minimum atomic E-state index is -1.10. The first-order valence-corrected chi connectivity index (χ1v) is 5.54. The van der Waals surface area contributed by atoms with Crippen LogP contribution in [0.15, 0.2) is 18.2 Å². The molecule has 0 unspecified atom stereocenters. The minimum absolute atomic E-state index is 0.324. The fourth-order valence-corrected chi connectivity index (χ4v) is 1.68. The number of anilines is 3. The number of nitrogens with two attached hydrogens (primary N) is 1. The maximum absolute atomic E-state index is 13.5. The normalized spacial score (nSPS) is 10.5. The summed E-state index contributed by atoms with van der Waals surface area (Å²) in [7, 11) is 0. The van der Waals surface area contributed by atoms with Gasteiger partial charge in [-0.05, 0) is 6.07 Å². The first-order valence-electron chi connectivity index (χ1n) is 5.16. The van der Waals surface area contributed by atoms with Crippen LogP contribution in [-0.2, 0) is 0 Å². The number of hydrogen-bond acceptors (Lipinski definition) is 4. The molecule has 0 saturated heterocycles. The summed E-state index contributed by atoms with van der Waals surface area (Å²) in [5.74, 6) is -0.0519. The molecule has 0 fully saturated rings. The molecule has 0 atom stereocenters. The van der Waals surface area contributed by atoms with E-state index in [0.717, 1.165) is 6.07 Å². The molecule has 1 heterocycles. The number of nitrogens with one attached hydrogen (secondary N) is 2. The van der Waals surface area contributed by atoms with Crippen LogP contribution < -0.4 is 16.6 Å². The summed E-state index contributed by atoms with van der Waals surface area (Å²) in [6, 6.07) is 1.88. The number of rotatable bonds is 3. The number of halogens is 5. The van der Waals surface area contributed by atoms with Crippen LogP contribution in [0.25, 0.3) is 0 Å². The van der Waals surface area contributed by atoms with Crippen LogP contribution >= 0.6 is 11.6 Å². The number of benzene rings is 1. The van der Waals surface area contributed by atoms with E-state index >= 15 is 0 Å². The zero-order chi connectivity index (χ0) is 14.9. The predicted molar refractivity (Wildman–Crippen MR) is 66.6 cm³/mol. The van der Waals surface area contributed by atoms with Crippen molar-refractivity contribution in [3.8, 4) is 0 Å². The highest BCUT2D eigenvalue weighted by Crippen LogP contribution is 2.30. The minimum Gasteiger partial charge on any atom is -0.334 e.